The van der Waals surface area contributed by atoms with Crippen LogP contribution in [0.5, 0.6) is 5.75 Å². The number of aryl methyl sites for hydroxylation is 1. The topological polar surface area (TPSA) is 38.7 Å². The van der Waals surface area contributed by atoms with Crippen molar-refractivity contribution in [2.75, 3.05) is 13.4 Å². The molecule has 0 bridgehead atoms. The van der Waals surface area contributed by atoms with Crippen LogP contribution in [0.1, 0.15) is 70.3 Å². The van der Waals surface area contributed by atoms with E-state index in [0.717, 1.165) is 36.8 Å². The first-order chi connectivity index (χ1) is 17.7. The molecule has 1 unspecified atom stereocenters. The second-order valence-electron chi connectivity index (χ2n) is 11.4. The van der Waals surface area contributed by atoms with Crippen molar-refractivity contribution in [2.45, 2.75) is 77.7 Å². The summed E-state index contributed by atoms with van der Waals surface area (Å²) in [6, 6.07) is 11.4. The minimum absolute atomic E-state index is 0.145. The van der Waals surface area contributed by atoms with Gasteiger partial charge in [-0.15, -0.1) is 0 Å². The van der Waals surface area contributed by atoms with Crippen LogP contribution in [0, 0.1) is 42.3 Å². The molecule has 204 valence electrons. The van der Waals surface area contributed by atoms with Gasteiger partial charge in [0.25, 0.3) is 0 Å². The van der Waals surface area contributed by atoms with Crippen LogP contribution in [0.3, 0.4) is 0 Å². The van der Waals surface area contributed by atoms with Gasteiger partial charge in [-0.2, -0.15) is 8.78 Å². The fraction of sp³-hybridized carbons (Fsp3) is 0.613. The number of hydrogen-bond acceptors (Lipinski definition) is 3. The molecule has 0 spiro atoms. The van der Waals surface area contributed by atoms with Crippen LogP contribution >= 0.6 is 0 Å². The zero-order valence-corrected chi connectivity index (χ0v) is 22.1. The van der Waals surface area contributed by atoms with E-state index in [1.807, 2.05) is 31.2 Å². The maximum atomic E-state index is 15.1. The van der Waals surface area contributed by atoms with Crippen molar-refractivity contribution >= 4 is 0 Å². The lowest BCUT2D eigenvalue weighted by molar-refractivity contribution is -0.223. The highest BCUT2D eigenvalue weighted by Crippen LogP contribution is 2.44. The highest BCUT2D eigenvalue weighted by atomic mass is 19.3. The lowest BCUT2D eigenvalue weighted by Crippen LogP contribution is -2.37. The Morgan fingerprint density at radius 3 is 2.24 bits per heavy atom. The number of rotatable bonds is 10. The lowest BCUT2D eigenvalue weighted by Gasteiger charge is -2.37. The van der Waals surface area contributed by atoms with Crippen LogP contribution in [0.4, 0.5) is 13.2 Å². The molecule has 0 radical (unpaired) electrons. The molecular formula is C31H41F3O3. The molecule has 2 saturated carbocycles. The summed E-state index contributed by atoms with van der Waals surface area (Å²) in [4.78, 5) is 0. The maximum absolute atomic E-state index is 15.1. The van der Waals surface area contributed by atoms with Gasteiger partial charge in [-0.3, -0.25) is 0 Å². The molecular weight excluding hydrogens is 477 g/mol. The Balaban J connectivity index is 1.32. The summed E-state index contributed by atoms with van der Waals surface area (Å²) in [7, 11) is 0. The first-order valence-electron chi connectivity index (χ1n) is 13.9. The van der Waals surface area contributed by atoms with Gasteiger partial charge in [0.05, 0.1) is 12.5 Å². The van der Waals surface area contributed by atoms with Gasteiger partial charge >= 0.3 is 6.11 Å². The van der Waals surface area contributed by atoms with Crippen molar-refractivity contribution in [3.63, 3.8) is 0 Å². The number of ether oxygens (including phenoxy) is 2. The van der Waals surface area contributed by atoms with E-state index < -0.39 is 17.8 Å². The molecule has 1 N–H and O–H groups in total. The van der Waals surface area contributed by atoms with Crippen LogP contribution < -0.4 is 4.74 Å². The summed E-state index contributed by atoms with van der Waals surface area (Å²) in [6.45, 7) is 4.51. The normalized spacial score (nSPS) is 25.6. The lowest BCUT2D eigenvalue weighted by atomic mass is 9.71. The zero-order chi connectivity index (χ0) is 26.4. The molecule has 0 heterocycles. The first-order valence-corrected chi connectivity index (χ1v) is 13.9. The van der Waals surface area contributed by atoms with Crippen LogP contribution in [-0.4, -0.2) is 24.6 Å². The third-order valence-electron chi connectivity index (χ3n) is 8.67. The van der Waals surface area contributed by atoms with E-state index in [2.05, 4.69) is 6.92 Å². The number of aliphatic hydroxyl groups excluding tert-OH is 1. The molecule has 0 aliphatic heterocycles. The number of aliphatic hydroxyl groups is 1. The summed E-state index contributed by atoms with van der Waals surface area (Å²) >= 11 is 0. The summed E-state index contributed by atoms with van der Waals surface area (Å²) in [5.41, 5.74) is 2.13. The van der Waals surface area contributed by atoms with E-state index in [1.165, 1.54) is 37.8 Å². The van der Waals surface area contributed by atoms with Crippen molar-refractivity contribution in [2.24, 2.45) is 29.6 Å². The monoisotopic (exact) mass is 518 g/mol. The minimum Gasteiger partial charge on any atom is -0.432 e. The van der Waals surface area contributed by atoms with E-state index >= 15 is 8.78 Å². The molecule has 3 nitrogen and oxygen atoms in total. The summed E-state index contributed by atoms with van der Waals surface area (Å²) in [6.07, 6.45) is 4.65. The molecule has 2 aliphatic rings. The molecule has 2 aromatic rings. The predicted octanol–water partition coefficient (Wildman–Crippen LogP) is 8.38. The van der Waals surface area contributed by atoms with Gasteiger partial charge in [0.15, 0.2) is 0 Å². The van der Waals surface area contributed by atoms with Crippen molar-refractivity contribution in [1.82, 2.24) is 0 Å². The van der Waals surface area contributed by atoms with Gasteiger partial charge in [0.1, 0.15) is 18.4 Å². The minimum atomic E-state index is -3.35. The highest BCUT2D eigenvalue weighted by molar-refractivity contribution is 5.65. The Labute approximate surface area is 219 Å². The Morgan fingerprint density at radius 2 is 1.62 bits per heavy atom. The largest absolute Gasteiger partial charge is 0.432 e. The average molecular weight is 519 g/mol. The Bertz CT molecular complexity index is 978. The Kier molecular flexibility index (Phi) is 9.57. The quantitative estimate of drug-likeness (QED) is 0.321. The third-order valence-corrected chi connectivity index (χ3v) is 8.67. The number of halogens is 3. The zero-order valence-electron chi connectivity index (χ0n) is 22.1. The summed E-state index contributed by atoms with van der Waals surface area (Å²) in [5, 5.41) is 9.16. The molecule has 6 heteroatoms. The standard InChI is InChI=1S/C31H41F3O3/c1-21-3-9-24(10-4-21)26(19-36-20-35)17-23-7-13-27(14-8-23)31(33,34)37-28-15-16-29(30(32)18-28)25-11-5-22(2)6-12-25/h5-6,11-12,15-16,18,21,23-24,26-27,35H,3-4,7-10,13-14,17,19-20H2,1-2H3. The maximum Gasteiger partial charge on any atom is 0.400 e. The highest BCUT2D eigenvalue weighted by Gasteiger charge is 2.44. The molecule has 0 amide bonds. The molecule has 2 aliphatic carbocycles. The van der Waals surface area contributed by atoms with Crippen molar-refractivity contribution in [3.05, 3.63) is 53.8 Å². The third kappa shape index (κ3) is 7.51. The van der Waals surface area contributed by atoms with Crippen LogP contribution in [-0.2, 0) is 4.74 Å². The fourth-order valence-electron chi connectivity index (χ4n) is 6.29. The summed E-state index contributed by atoms with van der Waals surface area (Å²) < 4.78 is 55.4. The Hall–Kier alpha value is -2.05. The number of hydrogen-bond donors (Lipinski definition) is 1. The van der Waals surface area contributed by atoms with Crippen molar-refractivity contribution in [1.29, 1.82) is 0 Å². The molecule has 2 fully saturated rings. The van der Waals surface area contributed by atoms with Gasteiger partial charge in [-0.05, 0) is 93.2 Å². The molecule has 1 atom stereocenters. The summed E-state index contributed by atoms with van der Waals surface area (Å²) in [5.74, 6) is 0.496. The van der Waals surface area contributed by atoms with Gasteiger partial charge in [-0.25, -0.2) is 4.39 Å². The smallest absolute Gasteiger partial charge is 0.400 e. The van der Waals surface area contributed by atoms with Gasteiger partial charge in [-0.1, -0.05) is 49.6 Å². The Morgan fingerprint density at radius 1 is 0.946 bits per heavy atom. The average Bonchev–Trinajstić information content (AvgIpc) is 2.88. The van der Waals surface area contributed by atoms with Gasteiger partial charge in [0.2, 0.25) is 0 Å². The molecule has 2 aromatic carbocycles. The molecule has 37 heavy (non-hydrogen) atoms. The predicted molar refractivity (Wildman–Crippen MR) is 140 cm³/mol. The van der Waals surface area contributed by atoms with Crippen molar-refractivity contribution in [3.8, 4) is 16.9 Å². The SMILES string of the molecule is Cc1ccc(-c2ccc(OC(F)(F)C3CCC(CC(COCO)C4CCC(C)CC4)CC3)cc2F)cc1. The van der Waals surface area contributed by atoms with E-state index in [-0.39, 0.29) is 12.5 Å². The number of alkyl halides is 2. The molecule has 4 rings (SSSR count). The van der Waals surface area contributed by atoms with Gasteiger partial charge in [0, 0.05) is 11.6 Å². The second kappa shape index (κ2) is 12.7. The first kappa shape index (κ1) is 28.0. The van der Waals surface area contributed by atoms with Gasteiger partial charge < -0.3 is 14.6 Å². The van der Waals surface area contributed by atoms with E-state index in [4.69, 9.17) is 14.6 Å². The van der Waals surface area contributed by atoms with E-state index in [1.54, 1.807) is 0 Å². The second-order valence-corrected chi connectivity index (χ2v) is 11.4. The van der Waals surface area contributed by atoms with Crippen LogP contribution in [0.2, 0.25) is 0 Å². The van der Waals surface area contributed by atoms with Crippen LogP contribution in [0.25, 0.3) is 11.1 Å². The van der Waals surface area contributed by atoms with E-state index in [9.17, 15) is 4.39 Å². The molecule has 0 aromatic heterocycles. The fourth-order valence-corrected chi connectivity index (χ4v) is 6.29. The van der Waals surface area contributed by atoms with E-state index in [0.29, 0.717) is 48.3 Å². The number of benzene rings is 2. The molecule has 0 saturated heterocycles. The van der Waals surface area contributed by atoms with Crippen LogP contribution in [0.15, 0.2) is 42.5 Å². The van der Waals surface area contributed by atoms with Crippen molar-refractivity contribution < 1.29 is 27.8 Å².